The molecular weight excluding hydrogens is 310 g/mol. The zero-order valence-electron chi connectivity index (χ0n) is 11.2. The first-order valence-electron chi connectivity index (χ1n) is 6.15. The molecule has 0 unspecified atom stereocenters. The summed E-state index contributed by atoms with van der Waals surface area (Å²) >= 11 is 5.78. The molecule has 7 heteroatoms. The van der Waals surface area contributed by atoms with Gasteiger partial charge in [-0.25, -0.2) is 0 Å². The number of hydrogen-bond acceptors (Lipinski definition) is 6. The molecule has 0 saturated heterocycles. The third-order valence-corrected chi connectivity index (χ3v) is 3.08. The monoisotopic (exact) mass is 321 g/mol. The molecule has 2 aromatic rings. The minimum Gasteiger partial charge on any atom is -0.507 e. The van der Waals surface area contributed by atoms with Crippen molar-refractivity contribution in [3.8, 4) is 23.0 Å². The molecule has 2 rings (SSSR count). The molecule has 114 valence electrons. The largest absolute Gasteiger partial charge is 0.507 e. The van der Waals surface area contributed by atoms with Crippen molar-refractivity contribution in [2.45, 2.75) is 0 Å². The zero-order valence-corrected chi connectivity index (χ0v) is 11.9. The van der Waals surface area contributed by atoms with E-state index in [0.29, 0.717) is 10.6 Å². The molecule has 4 N–H and O–H groups in total. The Morgan fingerprint density at radius 1 is 1.00 bits per heavy atom. The van der Waals surface area contributed by atoms with E-state index in [1.807, 2.05) is 0 Å². The summed E-state index contributed by atoms with van der Waals surface area (Å²) in [6, 6.07) is 6.22. The Morgan fingerprint density at radius 2 is 1.68 bits per heavy atom. The van der Waals surface area contributed by atoms with E-state index in [1.165, 1.54) is 24.4 Å². The van der Waals surface area contributed by atoms with Crippen LogP contribution >= 0.6 is 11.6 Å². The Labute approximate surface area is 130 Å². The number of carbonyl (C=O) groups is 1. The van der Waals surface area contributed by atoms with Crippen molar-refractivity contribution in [2.24, 2.45) is 4.99 Å². The van der Waals surface area contributed by atoms with Crippen molar-refractivity contribution in [3.05, 3.63) is 46.5 Å². The number of Topliss-reactive ketones (excluding diaryl/α,β-unsaturated/α-hetero) is 1. The second-order valence-electron chi connectivity index (χ2n) is 4.45. The summed E-state index contributed by atoms with van der Waals surface area (Å²) in [5, 5.41) is 38.1. The highest BCUT2D eigenvalue weighted by atomic mass is 35.5. The summed E-state index contributed by atoms with van der Waals surface area (Å²) in [5.41, 5.74) is 0.181. The van der Waals surface area contributed by atoms with Gasteiger partial charge in [0.1, 0.15) is 18.0 Å². The smallest absolute Gasteiger partial charge is 0.188 e. The van der Waals surface area contributed by atoms with Crippen LogP contribution in [0.3, 0.4) is 0 Å². The van der Waals surface area contributed by atoms with Crippen LogP contribution in [-0.4, -0.2) is 39.0 Å². The summed E-state index contributed by atoms with van der Waals surface area (Å²) in [7, 11) is 0. The fourth-order valence-electron chi connectivity index (χ4n) is 1.73. The van der Waals surface area contributed by atoms with Crippen LogP contribution in [0.2, 0.25) is 5.02 Å². The van der Waals surface area contributed by atoms with E-state index in [1.54, 1.807) is 0 Å². The maximum absolute atomic E-state index is 11.9. The van der Waals surface area contributed by atoms with Crippen molar-refractivity contribution in [2.75, 3.05) is 6.54 Å². The second-order valence-corrected chi connectivity index (χ2v) is 4.89. The van der Waals surface area contributed by atoms with Gasteiger partial charge in [0, 0.05) is 22.9 Å². The molecule has 2 aromatic carbocycles. The number of carbonyl (C=O) groups excluding carboxylic acids is 1. The normalized spacial score (nSPS) is 11.0. The van der Waals surface area contributed by atoms with Gasteiger partial charge in [0.15, 0.2) is 17.3 Å². The highest BCUT2D eigenvalue weighted by molar-refractivity contribution is 6.30. The van der Waals surface area contributed by atoms with Gasteiger partial charge in [0.2, 0.25) is 0 Å². The molecular formula is C15H12ClNO5. The van der Waals surface area contributed by atoms with Crippen molar-refractivity contribution >= 4 is 23.6 Å². The number of hydrogen-bond donors (Lipinski definition) is 4. The highest BCUT2D eigenvalue weighted by Gasteiger charge is 2.14. The first-order valence-corrected chi connectivity index (χ1v) is 6.52. The molecule has 22 heavy (non-hydrogen) atoms. The van der Waals surface area contributed by atoms with Crippen molar-refractivity contribution in [3.63, 3.8) is 0 Å². The average Bonchev–Trinajstić information content (AvgIpc) is 2.46. The molecule has 0 aromatic heterocycles. The molecule has 0 heterocycles. The third kappa shape index (κ3) is 3.48. The first-order chi connectivity index (χ1) is 10.4. The van der Waals surface area contributed by atoms with Crippen LogP contribution in [0.25, 0.3) is 0 Å². The number of halogens is 1. The molecule has 0 saturated carbocycles. The van der Waals surface area contributed by atoms with Crippen LogP contribution in [0.5, 0.6) is 23.0 Å². The molecule has 6 nitrogen and oxygen atoms in total. The van der Waals surface area contributed by atoms with Gasteiger partial charge in [0.25, 0.3) is 0 Å². The van der Waals surface area contributed by atoms with Gasteiger partial charge in [0.05, 0.1) is 5.56 Å². The predicted octanol–water partition coefficient (Wildman–Crippen LogP) is 2.46. The minimum atomic E-state index is -0.564. The predicted molar refractivity (Wildman–Crippen MR) is 81.3 cm³/mol. The van der Waals surface area contributed by atoms with E-state index in [2.05, 4.69) is 4.99 Å². The fourth-order valence-corrected chi connectivity index (χ4v) is 1.91. The zero-order chi connectivity index (χ0) is 16.3. The summed E-state index contributed by atoms with van der Waals surface area (Å²) in [4.78, 5) is 15.8. The van der Waals surface area contributed by atoms with Gasteiger partial charge in [-0.3, -0.25) is 9.79 Å². The number of rotatable bonds is 4. The van der Waals surface area contributed by atoms with Gasteiger partial charge in [-0.15, -0.1) is 0 Å². The van der Waals surface area contributed by atoms with E-state index in [9.17, 15) is 25.2 Å². The van der Waals surface area contributed by atoms with Crippen LogP contribution in [0, 0.1) is 0 Å². The summed E-state index contributed by atoms with van der Waals surface area (Å²) in [5.74, 6) is -2.10. The number of benzene rings is 2. The van der Waals surface area contributed by atoms with Gasteiger partial charge >= 0.3 is 0 Å². The lowest BCUT2D eigenvalue weighted by Crippen LogP contribution is -2.04. The molecule has 0 bridgehead atoms. The van der Waals surface area contributed by atoms with Crippen molar-refractivity contribution in [1.82, 2.24) is 0 Å². The van der Waals surface area contributed by atoms with Crippen LogP contribution in [0.15, 0.2) is 35.3 Å². The standard InChI is InChI=1S/C15H12ClNO5/c16-9-1-2-11(18)8(3-9)6-17-7-15(22)10-4-13(20)14(21)5-12(10)19/h1-6,18-21H,7H2. The second kappa shape index (κ2) is 6.36. The van der Waals surface area contributed by atoms with Crippen LogP contribution in [0.4, 0.5) is 0 Å². The van der Waals surface area contributed by atoms with Gasteiger partial charge in [-0.2, -0.15) is 0 Å². The van der Waals surface area contributed by atoms with Crippen LogP contribution in [-0.2, 0) is 0 Å². The van der Waals surface area contributed by atoms with E-state index < -0.39 is 23.0 Å². The number of aliphatic imine (C=N–C) groups is 1. The number of nitrogens with zero attached hydrogens (tertiary/aromatic N) is 1. The summed E-state index contributed by atoms with van der Waals surface area (Å²) in [6.45, 7) is -0.316. The molecule has 0 aliphatic rings. The van der Waals surface area contributed by atoms with Gasteiger partial charge < -0.3 is 20.4 Å². The maximum Gasteiger partial charge on any atom is 0.188 e. The lowest BCUT2D eigenvalue weighted by molar-refractivity contribution is 0.0999. The molecule has 0 amide bonds. The van der Waals surface area contributed by atoms with Crippen molar-refractivity contribution < 1.29 is 25.2 Å². The molecule has 0 atom stereocenters. The Hall–Kier alpha value is -2.73. The molecule has 0 aliphatic heterocycles. The van der Waals surface area contributed by atoms with Gasteiger partial charge in [-0.1, -0.05) is 11.6 Å². The maximum atomic E-state index is 11.9. The number of ketones is 1. The lowest BCUT2D eigenvalue weighted by Gasteiger charge is -2.04. The average molecular weight is 322 g/mol. The topological polar surface area (TPSA) is 110 Å². The molecule has 0 fully saturated rings. The minimum absolute atomic E-state index is 0.0364. The van der Waals surface area contributed by atoms with Gasteiger partial charge in [-0.05, 0) is 24.3 Å². The number of phenols is 4. The van der Waals surface area contributed by atoms with E-state index >= 15 is 0 Å². The molecule has 0 spiro atoms. The highest BCUT2D eigenvalue weighted by Crippen LogP contribution is 2.32. The fraction of sp³-hybridized carbons (Fsp3) is 0.0667. The Balaban J connectivity index is 2.15. The van der Waals surface area contributed by atoms with Crippen molar-refractivity contribution in [1.29, 1.82) is 0 Å². The number of phenolic OH excluding ortho intramolecular Hbond substituents is 4. The third-order valence-electron chi connectivity index (χ3n) is 2.85. The van der Waals surface area contributed by atoms with E-state index in [0.717, 1.165) is 12.1 Å². The van der Waals surface area contributed by atoms with Crippen LogP contribution in [0.1, 0.15) is 15.9 Å². The molecule has 0 aliphatic carbocycles. The van der Waals surface area contributed by atoms with Crippen LogP contribution < -0.4 is 0 Å². The Kier molecular flexibility index (Phi) is 4.53. The lowest BCUT2D eigenvalue weighted by atomic mass is 10.1. The SMILES string of the molecule is O=C(CN=Cc1cc(Cl)ccc1O)c1cc(O)c(O)cc1O. The number of aromatic hydroxyl groups is 4. The summed E-state index contributed by atoms with van der Waals surface area (Å²) < 4.78 is 0. The summed E-state index contributed by atoms with van der Waals surface area (Å²) in [6.07, 6.45) is 1.27. The van der Waals surface area contributed by atoms with E-state index in [-0.39, 0.29) is 17.9 Å². The quantitative estimate of drug-likeness (QED) is 0.299. The Bertz CT molecular complexity index is 758. The molecule has 0 radical (unpaired) electrons. The Morgan fingerprint density at radius 3 is 2.41 bits per heavy atom. The van der Waals surface area contributed by atoms with E-state index in [4.69, 9.17) is 11.6 Å². The first kappa shape index (κ1) is 15.7.